The SMILES string of the molecule is CC(=O)N(CCC1=CCCCC1)CC(=O)Nc1cc(Cl)ccc1Cl. The van der Waals surface area contributed by atoms with Gasteiger partial charge in [0.05, 0.1) is 17.3 Å². The topological polar surface area (TPSA) is 49.4 Å². The second-order valence-corrected chi connectivity index (χ2v) is 6.81. The Hall–Kier alpha value is -1.52. The first kappa shape index (κ1) is 18.8. The molecule has 0 aliphatic heterocycles. The number of amides is 2. The van der Waals surface area contributed by atoms with E-state index in [0.29, 0.717) is 22.3 Å². The molecule has 0 heterocycles. The largest absolute Gasteiger partial charge is 0.333 e. The molecule has 1 aliphatic carbocycles. The number of nitrogens with one attached hydrogen (secondary N) is 1. The smallest absolute Gasteiger partial charge is 0.244 e. The minimum Gasteiger partial charge on any atom is -0.333 e. The van der Waals surface area contributed by atoms with Gasteiger partial charge in [0.1, 0.15) is 0 Å². The maximum absolute atomic E-state index is 12.2. The molecule has 1 aromatic rings. The summed E-state index contributed by atoms with van der Waals surface area (Å²) in [6.07, 6.45) is 7.74. The minimum absolute atomic E-state index is 0.00541. The normalized spacial score (nSPS) is 14.0. The Morgan fingerprint density at radius 1 is 1.25 bits per heavy atom. The van der Waals surface area contributed by atoms with Gasteiger partial charge in [0.25, 0.3) is 0 Å². The lowest BCUT2D eigenvalue weighted by Gasteiger charge is -2.22. The Morgan fingerprint density at radius 2 is 2.04 bits per heavy atom. The van der Waals surface area contributed by atoms with Crippen molar-refractivity contribution >= 4 is 40.7 Å². The van der Waals surface area contributed by atoms with Gasteiger partial charge >= 0.3 is 0 Å². The fourth-order valence-corrected chi connectivity index (χ4v) is 3.05. The third kappa shape index (κ3) is 5.84. The van der Waals surface area contributed by atoms with Crippen LogP contribution < -0.4 is 5.32 Å². The van der Waals surface area contributed by atoms with Crippen LogP contribution in [0.1, 0.15) is 39.0 Å². The Balaban J connectivity index is 1.91. The maximum Gasteiger partial charge on any atom is 0.244 e. The minimum atomic E-state index is -0.285. The molecule has 1 aliphatic rings. The van der Waals surface area contributed by atoms with Gasteiger partial charge in [0.2, 0.25) is 11.8 Å². The summed E-state index contributed by atoms with van der Waals surface area (Å²) in [5.74, 6) is -0.397. The van der Waals surface area contributed by atoms with Crippen LogP contribution in [-0.4, -0.2) is 29.8 Å². The first-order valence-electron chi connectivity index (χ1n) is 8.14. The average Bonchev–Trinajstić information content (AvgIpc) is 2.55. The van der Waals surface area contributed by atoms with Crippen molar-refractivity contribution < 1.29 is 9.59 Å². The van der Waals surface area contributed by atoms with Gasteiger partial charge in [-0.25, -0.2) is 0 Å². The van der Waals surface area contributed by atoms with Crippen LogP contribution in [0.15, 0.2) is 29.8 Å². The van der Waals surface area contributed by atoms with Crippen molar-refractivity contribution in [2.45, 2.75) is 39.0 Å². The first-order valence-corrected chi connectivity index (χ1v) is 8.89. The number of hydrogen-bond donors (Lipinski definition) is 1. The molecule has 1 aromatic carbocycles. The molecule has 2 amide bonds. The van der Waals surface area contributed by atoms with E-state index in [4.69, 9.17) is 23.2 Å². The van der Waals surface area contributed by atoms with Gasteiger partial charge in [-0.3, -0.25) is 9.59 Å². The van der Waals surface area contributed by atoms with Crippen molar-refractivity contribution in [3.63, 3.8) is 0 Å². The van der Waals surface area contributed by atoms with E-state index in [1.54, 1.807) is 23.1 Å². The molecule has 0 saturated heterocycles. The second kappa shape index (κ2) is 9.09. The van der Waals surface area contributed by atoms with E-state index in [2.05, 4.69) is 11.4 Å². The Kier molecular flexibility index (Phi) is 7.13. The number of halogens is 2. The van der Waals surface area contributed by atoms with Gasteiger partial charge in [0, 0.05) is 18.5 Å². The summed E-state index contributed by atoms with van der Waals surface area (Å²) >= 11 is 12.0. The van der Waals surface area contributed by atoms with Crippen LogP contribution in [-0.2, 0) is 9.59 Å². The van der Waals surface area contributed by atoms with E-state index in [1.165, 1.54) is 25.3 Å². The molecule has 0 saturated carbocycles. The van der Waals surface area contributed by atoms with Gasteiger partial charge < -0.3 is 10.2 Å². The third-order valence-electron chi connectivity index (χ3n) is 4.07. The van der Waals surface area contributed by atoms with Gasteiger partial charge in [-0.15, -0.1) is 0 Å². The predicted octanol–water partition coefficient (Wildman–Crippen LogP) is 4.67. The molecule has 6 heteroatoms. The van der Waals surface area contributed by atoms with E-state index in [9.17, 15) is 9.59 Å². The predicted molar refractivity (Wildman–Crippen MR) is 98.5 cm³/mol. The quantitative estimate of drug-likeness (QED) is 0.741. The summed E-state index contributed by atoms with van der Waals surface area (Å²) in [6.45, 7) is 2.04. The molecular formula is C18H22Cl2N2O2. The molecule has 0 spiro atoms. The molecule has 1 N–H and O–H groups in total. The molecule has 0 bridgehead atoms. The fraction of sp³-hybridized carbons (Fsp3) is 0.444. The number of carbonyl (C=O) groups is 2. The highest BCUT2D eigenvalue weighted by molar-refractivity contribution is 6.35. The van der Waals surface area contributed by atoms with Crippen LogP contribution in [0, 0.1) is 0 Å². The van der Waals surface area contributed by atoms with Gasteiger partial charge in [-0.2, -0.15) is 0 Å². The molecule has 2 rings (SSSR count). The molecule has 0 aromatic heterocycles. The van der Waals surface area contributed by atoms with Crippen molar-refractivity contribution in [3.05, 3.63) is 39.9 Å². The summed E-state index contributed by atoms with van der Waals surface area (Å²) in [6, 6.07) is 4.86. The van der Waals surface area contributed by atoms with Crippen molar-refractivity contribution in [3.8, 4) is 0 Å². The van der Waals surface area contributed by atoms with Gasteiger partial charge in [-0.05, 0) is 50.3 Å². The second-order valence-electron chi connectivity index (χ2n) is 5.97. The zero-order valence-corrected chi connectivity index (χ0v) is 15.3. The lowest BCUT2D eigenvalue weighted by atomic mass is 9.97. The Bertz CT molecular complexity index is 644. The van der Waals surface area contributed by atoms with Crippen molar-refractivity contribution in [1.82, 2.24) is 4.90 Å². The molecule has 0 radical (unpaired) electrons. The van der Waals surface area contributed by atoms with Crippen LogP contribution in [0.5, 0.6) is 0 Å². The molecule has 130 valence electrons. The van der Waals surface area contributed by atoms with E-state index in [1.807, 2.05) is 0 Å². The number of carbonyl (C=O) groups excluding carboxylic acids is 2. The molecule has 0 atom stereocenters. The van der Waals surface area contributed by atoms with Crippen LogP contribution in [0.3, 0.4) is 0 Å². The van der Waals surface area contributed by atoms with E-state index in [-0.39, 0.29) is 18.4 Å². The maximum atomic E-state index is 12.2. The molecule has 24 heavy (non-hydrogen) atoms. The monoisotopic (exact) mass is 368 g/mol. The number of rotatable bonds is 6. The van der Waals surface area contributed by atoms with Crippen LogP contribution in [0.25, 0.3) is 0 Å². The summed E-state index contributed by atoms with van der Waals surface area (Å²) in [7, 11) is 0. The summed E-state index contributed by atoms with van der Waals surface area (Å²) in [5.41, 5.74) is 1.83. The highest BCUT2D eigenvalue weighted by Gasteiger charge is 2.16. The van der Waals surface area contributed by atoms with Crippen molar-refractivity contribution in [2.24, 2.45) is 0 Å². The van der Waals surface area contributed by atoms with Crippen molar-refractivity contribution in [2.75, 3.05) is 18.4 Å². The number of allylic oxidation sites excluding steroid dienone is 1. The average molecular weight is 369 g/mol. The molecule has 0 fully saturated rings. The van der Waals surface area contributed by atoms with Crippen LogP contribution in [0.2, 0.25) is 10.0 Å². The van der Waals surface area contributed by atoms with Crippen molar-refractivity contribution in [1.29, 1.82) is 0 Å². The summed E-state index contributed by atoms with van der Waals surface area (Å²) in [5, 5.41) is 3.61. The highest BCUT2D eigenvalue weighted by Crippen LogP contribution is 2.25. The number of benzene rings is 1. The van der Waals surface area contributed by atoms with Gasteiger partial charge in [-0.1, -0.05) is 34.9 Å². The van der Waals surface area contributed by atoms with Gasteiger partial charge in [0.15, 0.2) is 0 Å². The summed E-state index contributed by atoms with van der Waals surface area (Å²) < 4.78 is 0. The lowest BCUT2D eigenvalue weighted by molar-refractivity contribution is -0.132. The Labute approximate surface area is 152 Å². The number of hydrogen-bond acceptors (Lipinski definition) is 2. The Morgan fingerprint density at radius 3 is 2.71 bits per heavy atom. The highest BCUT2D eigenvalue weighted by atomic mass is 35.5. The summed E-state index contributed by atoms with van der Waals surface area (Å²) in [4.78, 5) is 25.6. The molecule has 4 nitrogen and oxygen atoms in total. The van der Waals surface area contributed by atoms with E-state index >= 15 is 0 Å². The zero-order chi connectivity index (χ0) is 17.5. The third-order valence-corrected chi connectivity index (χ3v) is 4.63. The zero-order valence-electron chi connectivity index (χ0n) is 13.8. The standard InChI is InChI=1S/C18H22Cl2N2O2/c1-13(23)22(10-9-14-5-3-2-4-6-14)12-18(24)21-17-11-15(19)7-8-16(17)20/h5,7-8,11H,2-4,6,9-10,12H2,1H3,(H,21,24). The number of nitrogens with zero attached hydrogens (tertiary/aromatic N) is 1. The fourth-order valence-electron chi connectivity index (χ4n) is 2.71. The lowest BCUT2D eigenvalue weighted by Crippen LogP contribution is -2.37. The van der Waals surface area contributed by atoms with E-state index < -0.39 is 0 Å². The van der Waals surface area contributed by atoms with E-state index in [0.717, 1.165) is 19.3 Å². The van der Waals surface area contributed by atoms with Crippen LogP contribution in [0.4, 0.5) is 5.69 Å². The first-order chi connectivity index (χ1) is 11.5. The number of anilines is 1. The molecular weight excluding hydrogens is 347 g/mol. The molecule has 0 unspecified atom stereocenters. The van der Waals surface area contributed by atoms with Crippen LogP contribution >= 0.6 is 23.2 Å².